The van der Waals surface area contributed by atoms with Gasteiger partial charge in [0, 0.05) is 39.8 Å². The minimum atomic E-state index is -3.66. The average molecular weight is 476 g/mol. The fourth-order valence-corrected chi connectivity index (χ4v) is 4.54. The van der Waals surface area contributed by atoms with Gasteiger partial charge < -0.3 is 15.4 Å². The second-order valence-corrected chi connectivity index (χ2v) is 10.4. The molecule has 0 saturated carbocycles. The molecule has 32 heavy (non-hydrogen) atoms. The molecule has 0 spiro atoms. The predicted octanol–water partition coefficient (Wildman–Crippen LogP) is 5.01. The maximum absolute atomic E-state index is 12.7. The van der Waals surface area contributed by atoms with Crippen LogP contribution in [0.2, 0.25) is 5.02 Å². The predicted molar refractivity (Wildman–Crippen MR) is 128 cm³/mol. The lowest BCUT2D eigenvalue weighted by molar-refractivity contribution is 0.415. The van der Waals surface area contributed by atoms with Gasteiger partial charge in [0.05, 0.1) is 12.0 Å². The molecule has 0 unspecified atom stereocenters. The van der Waals surface area contributed by atoms with E-state index in [1.54, 1.807) is 76.5 Å². The molecule has 3 N–H and O–H groups in total. The van der Waals surface area contributed by atoms with Crippen molar-refractivity contribution in [3.05, 3.63) is 59.2 Å². The van der Waals surface area contributed by atoms with Crippen molar-refractivity contribution in [2.24, 2.45) is 0 Å². The van der Waals surface area contributed by atoms with E-state index in [4.69, 9.17) is 16.3 Å². The van der Waals surface area contributed by atoms with Gasteiger partial charge in [0.1, 0.15) is 11.6 Å². The summed E-state index contributed by atoms with van der Waals surface area (Å²) in [6.07, 6.45) is 1.67. The van der Waals surface area contributed by atoms with E-state index in [2.05, 4.69) is 25.3 Å². The van der Waals surface area contributed by atoms with E-state index in [1.165, 1.54) is 0 Å². The Bertz CT molecular complexity index is 1230. The number of anilines is 4. The van der Waals surface area contributed by atoms with Crippen molar-refractivity contribution in [3.63, 3.8) is 0 Å². The maximum atomic E-state index is 12.7. The lowest BCUT2D eigenvalue weighted by atomic mass is 10.1. The van der Waals surface area contributed by atoms with Gasteiger partial charge in [-0.2, -0.15) is 4.98 Å². The van der Waals surface area contributed by atoms with Crippen molar-refractivity contribution in [3.8, 4) is 5.75 Å². The van der Waals surface area contributed by atoms with Crippen LogP contribution in [0.3, 0.4) is 0 Å². The van der Waals surface area contributed by atoms with Crippen molar-refractivity contribution in [1.29, 1.82) is 0 Å². The van der Waals surface area contributed by atoms with E-state index >= 15 is 0 Å². The Morgan fingerprint density at radius 1 is 1.03 bits per heavy atom. The molecule has 0 bridgehead atoms. The lowest BCUT2D eigenvalue weighted by Gasteiger charge is -2.20. The number of ether oxygens (including phenoxy) is 1. The van der Waals surface area contributed by atoms with Gasteiger partial charge in [-0.1, -0.05) is 17.7 Å². The molecular weight excluding hydrogens is 450 g/mol. The Morgan fingerprint density at radius 2 is 1.78 bits per heavy atom. The van der Waals surface area contributed by atoms with E-state index in [1.807, 2.05) is 6.92 Å². The Balaban J connectivity index is 1.85. The van der Waals surface area contributed by atoms with E-state index in [-0.39, 0.29) is 4.90 Å². The first-order valence-corrected chi connectivity index (χ1v) is 11.7. The second kappa shape index (κ2) is 9.32. The first-order chi connectivity index (χ1) is 14.9. The quantitative estimate of drug-likeness (QED) is 0.441. The van der Waals surface area contributed by atoms with Crippen LogP contribution < -0.4 is 20.1 Å². The number of rotatable bonds is 7. The summed E-state index contributed by atoms with van der Waals surface area (Å²) in [4.78, 5) is 8.98. The van der Waals surface area contributed by atoms with Gasteiger partial charge in [0.25, 0.3) is 0 Å². The highest BCUT2D eigenvalue weighted by atomic mass is 35.5. The van der Waals surface area contributed by atoms with Crippen LogP contribution >= 0.6 is 11.6 Å². The Morgan fingerprint density at radius 3 is 2.47 bits per heavy atom. The number of aromatic nitrogens is 2. The van der Waals surface area contributed by atoms with Crippen LogP contribution in [0.1, 0.15) is 26.3 Å². The highest BCUT2D eigenvalue weighted by Crippen LogP contribution is 2.27. The van der Waals surface area contributed by atoms with Crippen LogP contribution in [0.25, 0.3) is 0 Å². The molecule has 0 amide bonds. The number of nitrogens with zero attached hydrogens (tertiary/aromatic N) is 2. The first-order valence-electron chi connectivity index (χ1n) is 9.81. The molecule has 3 aromatic rings. The van der Waals surface area contributed by atoms with Crippen molar-refractivity contribution in [2.45, 2.75) is 38.1 Å². The fourth-order valence-electron chi connectivity index (χ4n) is 2.85. The van der Waals surface area contributed by atoms with Crippen molar-refractivity contribution < 1.29 is 13.2 Å². The summed E-state index contributed by atoms with van der Waals surface area (Å²) in [6.45, 7) is 7.24. The molecule has 0 radical (unpaired) electrons. The monoisotopic (exact) mass is 475 g/mol. The van der Waals surface area contributed by atoms with Crippen molar-refractivity contribution >= 4 is 44.8 Å². The van der Waals surface area contributed by atoms with E-state index in [0.29, 0.717) is 33.9 Å². The van der Waals surface area contributed by atoms with Crippen LogP contribution in [0.4, 0.5) is 23.1 Å². The molecule has 10 heteroatoms. The SMILES string of the molecule is COc1cc(Cl)cc(Nc2ncc(C)c(Nc3cccc(S(=O)(=O)NC(C)(C)C)c3)n2)c1. The maximum Gasteiger partial charge on any atom is 0.241 e. The number of hydrogen-bond donors (Lipinski definition) is 3. The number of nitrogens with one attached hydrogen (secondary N) is 3. The average Bonchev–Trinajstić information content (AvgIpc) is 2.68. The molecule has 1 aromatic heterocycles. The summed E-state index contributed by atoms with van der Waals surface area (Å²) in [6, 6.07) is 11.8. The topological polar surface area (TPSA) is 105 Å². The summed E-state index contributed by atoms with van der Waals surface area (Å²) < 4.78 is 33.2. The molecule has 0 aliphatic carbocycles. The van der Waals surface area contributed by atoms with Gasteiger partial charge in [0.15, 0.2) is 0 Å². The first kappa shape index (κ1) is 23.8. The minimum Gasteiger partial charge on any atom is -0.497 e. The molecule has 3 rings (SSSR count). The Hall–Kier alpha value is -2.88. The fraction of sp³-hybridized carbons (Fsp3) is 0.273. The third-order valence-electron chi connectivity index (χ3n) is 4.18. The molecule has 0 saturated heterocycles. The molecule has 0 aliphatic heterocycles. The highest BCUT2D eigenvalue weighted by Gasteiger charge is 2.22. The molecule has 2 aromatic carbocycles. The standard InChI is InChI=1S/C22H26ClN5O3S/c1-14-13-24-21(26-17-9-15(23)10-18(11-17)31-5)27-20(14)25-16-7-6-8-19(12-16)32(29,30)28-22(2,3)4/h6-13,28H,1-5H3,(H2,24,25,26,27). The molecule has 0 aliphatic rings. The van der Waals surface area contributed by atoms with Gasteiger partial charge in [-0.3, -0.25) is 0 Å². The van der Waals surface area contributed by atoms with Gasteiger partial charge in [-0.05, 0) is 58.0 Å². The van der Waals surface area contributed by atoms with Crippen LogP contribution in [-0.2, 0) is 10.0 Å². The largest absolute Gasteiger partial charge is 0.497 e. The summed E-state index contributed by atoms with van der Waals surface area (Å²) in [5.74, 6) is 1.49. The molecule has 170 valence electrons. The zero-order valence-electron chi connectivity index (χ0n) is 18.5. The van der Waals surface area contributed by atoms with Crippen molar-refractivity contribution in [1.82, 2.24) is 14.7 Å². The third-order valence-corrected chi connectivity index (χ3v) is 6.16. The normalized spacial score (nSPS) is 11.8. The zero-order chi connectivity index (χ0) is 23.5. The molecular formula is C22H26ClN5O3S. The van der Waals surface area contributed by atoms with E-state index in [0.717, 1.165) is 5.56 Å². The van der Waals surface area contributed by atoms with Crippen LogP contribution in [0.5, 0.6) is 5.75 Å². The highest BCUT2D eigenvalue weighted by molar-refractivity contribution is 7.89. The summed E-state index contributed by atoms with van der Waals surface area (Å²) in [5, 5.41) is 6.79. The zero-order valence-corrected chi connectivity index (χ0v) is 20.1. The van der Waals surface area contributed by atoms with Gasteiger partial charge in [0.2, 0.25) is 16.0 Å². The Kier molecular flexibility index (Phi) is 6.92. The number of hydrogen-bond acceptors (Lipinski definition) is 7. The van der Waals surface area contributed by atoms with E-state index in [9.17, 15) is 8.42 Å². The molecule has 1 heterocycles. The van der Waals surface area contributed by atoms with Gasteiger partial charge >= 0.3 is 0 Å². The number of benzene rings is 2. The smallest absolute Gasteiger partial charge is 0.241 e. The second-order valence-electron chi connectivity index (χ2n) is 8.24. The number of aryl methyl sites for hydroxylation is 1. The van der Waals surface area contributed by atoms with E-state index < -0.39 is 15.6 Å². The Labute approximate surface area is 193 Å². The number of halogens is 1. The molecule has 0 atom stereocenters. The number of sulfonamides is 1. The van der Waals surface area contributed by atoms with Crippen molar-refractivity contribution in [2.75, 3.05) is 17.7 Å². The third kappa shape index (κ3) is 6.32. The number of methoxy groups -OCH3 is 1. The lowest BCUT2D eigenvalue weighted by Crippen LogP contribution is -2.40. The molecule has 8 nitrogen and oxygen atoms in total. The summed E-state index contributed by atoms with van der Waals surface area (Å²) in [7, 11) is -2.10. The minimum absolute atomic E-state index is 0.161. The molecule has 0 fully saturated rings. The van der Waals surface area contributed by atoms with Crippen LogP contribution in [0, 0.1) is 6.92 Å². The van der Waals surface area contributed by atoms with Crippen LogP contribution in [-0.4, -0.2) is 31.0 Å². The summed E-state index contributed by atoms with van der Waals surface area (Å²) in [5.41, 5.74) is 1.46. The summed E-state index contributed by atoms with van der Waals surface area (Å²) >= 11 is 6.12. The van der Waals surface area contributed by atoms with Crippen LogP contribution in [0.15, 0.2) is 53.6 Å². The van der Waals surface area contributed by atoms with Gasteiger partial charge in [-0.15, -0.1) is 0 Å². The van der Waals surface area contributed by atoms with Gasteiger partial charge in [-0.25, -0.2) is 18.1 Å².